The molecule has 0 aliphatic carbocycles. The fourth-order valence-corrected chi connectivity index (χ4v) is 1.75. The van der Waals surface area contributed by atoms with Crippen LogP contribution >= 0.6 is 0 Å². The highest BCUT2D eigenvalue weighted by Gasteiger charge is 1.92. The summed E-state index contributed by atoms with van der Waals surface area (Å²) in [5.41, 5.74) is 11.1. The summed E-state index contributed by atoms with van der Waals surface area (Å²) in [5.74, 6) is 0. The molecule has 16 heavy (non-hydrogen) atoms. The molecular formula is C14H30N2. The fourth-order valence-electron chi connectivity index (χ4n) is 1.75. The van der Waals surface area contributed by atoms with E-state index in [4.69, 9.17) is 11.5 Å². The van der Waals surface area contributed by atoms with E-state index in [-0.39, 0.29) is 6.04 Å². The van der Waals surface area contributed by atoms with Gasteiger partial charge in [-0.15, -0.1) is 0 Å². The van der Waals surface area contributed by atoms with Crippen LogP contribution in [0, 0.1) is 0 Å². The van der Waals surface area contributed by atoms with Crippen LogP contribution in [0.4, 0.5) is 0 Å². The van der Waals surface area contributed by atoms with Crippen molar-refractivity contribution in [1.82, 2.24) is 0 Å². The molecule has 1 unspecified atom stereocenters. The second-order valence-corrected chi connectivity index (χ2v) is 4.59. The molecule has 2 nitrogen and oxygen atoms in total. The molecule has 4 N–H and O–H groups in total. The molecule has 0 aromatic rings. The van der Waals surface area contributed by atoms with Crippen molar-refractivity contribution in [3.63, 3.8) is 0 Å². The smallest absolute Gasteiger partial charge is 0.0348 e. The van der Waals surface area contributed by atoms with Crippen molar-refractivity contribution >= 4 is 0 Å². The third-order valence-electron chi connectivity index (χ3n) is 2.88. The van der Waals surface area contributed by atoms with Crippen LogP contribution in [0.25, 0.3) is 0 Å². The molecule has 0 spiro atoms. The van der Waals surface area contributed by atoms with Gasteiger partial charge in [0.05, 0.1) is 0 Å². The molecule has 0 heterocycles. The molecule has 0 aromatic heterocycles. The van der Waals surface area contributed by atoms with E-state index in [0.29, 0.717) is 6.54 Å². The first-order chi connectivity index (χ1) is 7.81. The van der Waals surface area contributed by atoms with E-state index in [1.54, 1.807) is 0 Å². The zero-order valence-electron chi connectivity index (χ0n) is 11.0. The Morgan fingerprint density at radius 2 is 1.50 bits per heavy atom. The maximum absolute atomic E-state index is 5.67. The highest BCUT2D eigenvalue weighted by atomic mass is 14.7. The maximum Gasteiger partial charge on any atom is 0.0348 e. The van der Waals surface area contributed by atoms with Gasteiger partial charge in [-0.2, -0.15) is 0 Å². The van der Waals surface area contributed by atoms with Gasteiger partial charge >= 0.3 is 0 Å². The van der Waals surface area contributed by atoms with Crippen molar-refractivity contribution in [2.45, 2.75) is 70.8 Å². The monoisotopic (exact) mass is 226 g/mol. The molecule has 0 rings (SSSR count). The van der Waals surface area contributed by atoms with Crippen molar-refractivity contribution in [2.24, 2.45) is 11.5 Å². The minimum Gasteiger partial charge on any atom is -0.329 e. The number of hydrogen-bond acceptors (Lipinski definition) is 2. The Hall–Kier alpha value is -0.340. The molecule has 0 fully saturated rings. The van der Waals surface area contributed by atoms with Crippen LogP contribution in [0.15, 0.2) is 12.2 Å². The average molecular weight is 226 g/mol. The lowest BCUT2D eigenvalue weighted by Gasteiger charge is -2.01. The summed E-state index contributed by atoms with van der Waals surface area (Å²) < 4.78 is 0. The predicted octanol–water partition coefficient (Wildman–Crippen LogP) is 3.36. The van der Waals surface area contributed by atoms with Crippen molar-refractivity contribution in [3.05, 3.63) is 12.2 Å². The molecule has 0 saturated heterocycles. The maximum atomic E-state index is 5.67. The molecule has 2 heteroatoms. The Bertz CT molecular complexity index is 155. The lowest BCUT2D eigenvalue weighted by Crippen LogP contribution is -2.26. The first-order valence-electron chi connectivity index (χ1n) is 6.93. The zero-order valence-corrected chi connectivity index (χ0v) is 11.0. The normalized spacial score (nSPS) is 13.4. The summed E-state index contributed by atoms with van der Waals surface area (Å²) in [5, 5.41) is 0. The topological polar surface area (TPSA) is 52.0 Å². The Morgan fingerprint density at radius 1 is 0.938 bits per heavy atom. The van der Waals surface area contributed by atoms with E-state index >= 15 is 0 Å². The standard InChI is InChI=1S/C14H30N2/c1-2-3-4-5-6-7-8-9-10-11-12-14(16)13-15/h11-12,14H,2-10,13,15-16H2,1H3. The SMILES string of the molecule is CCCCCCCCCCC=CC(N)CN. The molecule has 0 bridgehead atoms. The second-order valence-electron chi connectivity index (χ2n) is 4.59. The van der Waals surface area contributed by atoms with Gasteiger partial charge in [0.25, 0.3) is 0 Å². The summed E-state index contributed by atoms with van der Waals surface area (Å²) in [6.07, 6.45) is 16.4. The highest BCUT2D eigenvalue weighted by Crippen LogP contribution is 2.09. The molecular weight excluding hydrogens is 196 g/mol. The average Bonchev–Trinajstić information content (AvgIpc) is 2.31. The summed E-state index contributed by atoms with van der Waals surface area (Å²) in [7, 11) is 0. The summed E-state index contributed by atoms with van der Waals surface area (Å²) in [6.45, 7) is 2.81. The number of unbranched alkanes of at least 4 members (excludes halogenated alkanes) is 8. The molecule has 0 aliphatic rings. The Kier molecular flexibility index (Phi) is 12.5. The van der Waals surface area contributed by atoms with Crippen molar-refractivity contribution in [2.75, 3.05) is 6.54 Å². The minimum absolute atomic E-state index is 0.0500. The molecule has 0 amide bonds. The van der Waals surface area contributed by atoms with Gasteiger partial charge in [-0.1, -0.05) is 64.0 Å². The first-order valence-corrected chi connectivity index (χ1v) is 6.93. The van der Waals surface area contributed by atoms with Crippen LogP contribution in [-0.4, -0.2) is 12.6 Å². The van der Waals surface area contributed by atoms with Gasteiger partial charge in [-0.05, 0) is 12.8 Å². The zero-order chi connectivity index (χ0) is 12.1. The minimum atomic E-state index is 0.0500. The number of hydrogen-bond donors (Lipinski definition) is 2. The lowest BCUT2D eigenvalue weighted by atomic mass is 10.1. The molecule has 0 radical (unpaired) electrons. The molecule has 0 aliphatic heterocycles. The third-order valence-corrected chi connectivity index (χ3v) is 2.88. The van der Waals surface area contributed by atoms with E-state index < -0.39 is 0 Å². The van der Waals surface area contributed by atoms with Crippen molar-refractivity contribution in [1.29, 1.82) is 0 Å². The summed E-state index contributed by atoms with van der Waals surface area (Å²) >= 11 is 0. The number of rotatable bonds is 11. The number of nitrogens with two attached hydrogens (primary N) is 2. The van der Waals surface area contributed by atoms with Gasteiger partial charge < -0.3 is 11.5 Å². The van der Waals surface area contributed by atoms with E-state index in [0.717, 1.165) is 6.42 Å². The Balaban J connectivity index is 3.06. The summed E-state index contributed by atoms with van der Waals surface area (Å²) in [6, 6.07) is 0.0500. The highest BCUT2D eigenvalue weighted by molar-refractivity contribution is 4.91. The molecule has 0 aromatic carbocycles. The molecule has 0 saturated carbocycles. The van der Waals surface area contributed by atoms with E-state index in [1.165, 1.54) is 51.4 Å². The van der Waals surface area contributed by atoms with Gasteiger partial charge in [0.1, 0.15) is 0 Å². The van der Waals surface area contributed by atoms with Crippen LogP contribution in [0.5, 0.6) is 0 Å². The van der Waals surface area contributed by atoms with E-state index in [1.807, 2.05) is 6.08 Å². The van der Waals surface area contributed by atoms with Gasteiger partial charge in [-0.25, -0.2) is 0 Å². The van der Waals surface area contributed by atoms with Crippen molar-refractivity contribution in [3.8, 4) is 0 Å². The fraction of sp³-hybridized carbons (Fsp3) is 0.857. The van der Waals surface area contributed by atoms with E-state index in [9.17, 15) is 0 Å². The van der Waals surface area contributed by atoms with Gasteiger partial charge in [0.2, 0.25) is 0 Å². The summed E-state index contributed by atoms with van der Waals surface area (Å²) in [4.78, 5) is 0. The van der Waals surface area contributed by atoms with Gasteiger partial charge in [0.15, 0.2) is 0 Å². The van der Waals surface area contributed by atoms with Crippen molar-refractivity contribution < 1.29 is 0 Å². The van der Waals surface area contributed by atoms with Crippen LogP contribution in [0.1, 0.15) is 64.7 Å². The van der Waals surface area contributed by atoms with Crippen LogP contribution < -0.4 is 11.5 Å². The number of allylic oxidation sites excluding steroid dienone is 1. The van der Waals surface area contributed by atoms with Crippen LogP contribution in [-0.2, 0) is 0 Å². The Morgan fingerprint density at radius 3 is 2.06 bits per heavy atom. The lowest BCUT2D eigenvalue weighted by molar-refractivity contribution is 0.577. The Labute approximate surface area is 101 Å². The predicted molar refractivity (Wildman–Crippen MR) is 73.4 cm³/mol. The molecule has 96 valence electrons. The van der Waals surface area contributed by atoms with Gasteiger partial charge in [0, 0.05) is 12.6 Å². The second kappa shape index (κ2) is 12.7. The van der Waals surface area contributed by atoms with Gasteiger partial charge in [-0.3, -0.25) is 0 Å². The molecule has 1 atom stereocenters. The third kappa shape index (κ3) is 11.7. The first kappa shape index (κ1) is 15.7. The largest absolute Gasteiger partial charge is 0.329 e. The van der Waals surface area contributed by atoms with Crippen LogP contribution in [0.3, 0.4) is 0 Å². The quantitative estimate of drug-likeness (QED) is 0.419. The van der Waals surface area contributed by atoms with E-state index in [2.05, 4.69) is 13.0 Å². The van der Waals surface area contributed by atoms with Crippen LogP contribution in [0.2, 0.25) is 0 Å².